The molecule has 0 radical (unpaired) electrons. The Kier molecular flexibility index (Phi) is 5.59. The molecule has 2 N–H and O–H groups in total. The maximum absolute atomic E-state index is 12.9. The van der Waals surface area contributed by atoms with Crippen molar-refractivity contribution < 1.29 is 22.8 Å². The minimum Gasteiger partial charge on any atom is -0.341 e. The zero-order valence-electron chi connectivity index (χ0n) is 15.5. The SMILES string of the molecule is CNC(=O)Nc1c(C=O)c(CC#N)nn1C(c1ccc(C(F)(F)F)cc1)C1CC1. The van der Waals surface area contributed by atoms with E-state index in [1.54, 1.807) is 0 Å². The Hall–Kier alpha value is -3.35. The Morgan fingerprint density at radius 2 is 2.03 bits per heavy atom. The number of aldehydes is 1. The molecule has 2 aromatic rings. The third-order valence-corrected chi connectivity index (χ3v) is 4.76. The fourth-order valence-corrected chi connectivity index (χ4v) is 3.21. The van der Waals surface area contributed by atoms with Crippen molar-refractivity contribution in [3.05, 3.63) is 46.6 Å². The Labute approximate surface area is 164 Å². The van der Waals surface area contributed by atoms with Gasteiger partial charge in [-0.25, -0.2) is 9.48 Å². The first kappa shape index (κ1) is 20.4. The second-order valence-electron chi connectivity index (χ2n) is 6.71. The van der Waals surface area contributed by atoms with E-state index in [0.29, 0.717) is 11.8 Å². The van der Waals surface area contributed by atoms with E-state index in [1.807, 2.05) is 6.07 Å². The van der Waals surface area contributed by atoms with Gasteiger partial charge in [-0.15, -0.1) is 0 Å². The third-order valence-electron chi connectivity index (χ3n) is 4.76. The number of nitrogens with zero attached hydrogens (tertiary/aromatic N) is 3. The van der Waals surface area contributed by atoms with Gasteiger partial charge in [0.25, 0.3) is 0 Å². The van der Waals surface area contributed by atoms with Crippen LogP contribution in [0.2, 0.25) is 0 Å². The van der Waals surface area contributed by atoms with Crippen molar-refractivity contribution in [1.29, 1.82) is 5.26 Å². The minimum absolute atomic E-state index is 0.0766. The maximum atomic E-state index is 12.9. The second-order valence-corrected chi connectivity index (χ2v) is 6.71. The molecular formula is C19H18F3N5O2. The number of nitrogens with one attached hydrogen (secondary N) is 2. The van der Waals surface area contributed by atoms with Gasteiger partial charge in [-0.1, -0.05) is 12.1 Å². The fraction of sp³-hybridized carbons (Fsp3) is 0.368. The number of benzene rings is 1. The molecule has 10 heteroatoms. The highest BCUT2D eigenvalue weighted by Crippen LogP contribution is 2.45. The Bertz CT molecular complexity index is 956. The number of alkyl halides is 3. The monoisotopic (exact) mass is 405 g/mol. The molecule has 3 rings (SSSR count). The first-order valence-electron chi connectivity index (χ1n) is 8.89. The quantitative estimate of drug-likeness (QED) is 0.718. The van der Waals surface area contributed by atoms with Crippen LogP contribution in [0.15, 0.2) is 24.3 Å². The molecule has 2 amide bonds. The van der Waals surface area contributed by atoms with Crippen LogP contribution in [-0.2, 0) is 12.6 Å². The smallest absolute Gasteiger partial charge is 0.341 e. The van der Waals surface area contributed by atoms with Crippen molar-refractivity contribution in [3.63, 3.8) is 0 Å². The van der Waals surface area contributed by atoms with Crippen LogP contribution in [-0.4, -0.2) is 29.1 Å². The lowest BCUT2D eigenvalue weighted by molar-refractivity contribution is -0.137. The Balaban J connectivity index is 2.10. The van der Waals surface area contributed by atoms with Crippen LogP contribution in [0.1, 0.15) is 46.1 Å². The molecule has 1 heterocycles. The minimum atomic E-state index is -4.45. The summed E-state index contributed by atoms with van der Waals surface area (Å²) in [5, 5.41) is 18.3. The summed E-state index contributed by atoms with van der Waals surface area (Å²) in [6.07, 6.45) is -2.42. The molecule has 29 heavy (non-hydrogen) atoms. The van der Waals surface area contributed by atoms with Gasteiger partial charge in [0.05, 0.1) is 35.4 Å². The molecule has 7 nitrogen and oxygen atoms in total. The molecule has 0 aliphatic heterocycles. The summed E-state index contributed by atoms with van der Waals surface area (Å²) in [7, 11) is 1.40. The predicted molar refractivity (Wildman–Crippen MR) is 97.3 cm³/mol. The third kappa shape index (κ3) is 4.23. The summed E-state index contributed by atoms with van der Waals surface area (Å²) in [4.78, 5) is 23.5. The lowest BCUT2D eigenvalue weighted by Gasteiger charge is -2.21. The van der Waals surface area contributed by atoms with Crippen LogP contribution >= 0.6 is 0 Å². The number of nitriles is 1. The van der Waals surface area contributed by atoms with Crippen molar-refractivity contribution in [2.75, 3.05) is 12.4 Å². The van der Waals surface area contributed by atoms with Crippen LogP contribution in [0.4, 0.5) is 23.8 Å². The van der Waals surface area contributed by atoms with Crippen LogP contribution in [0.5, 0.6) is 0 Å². The van der Waals surface area contributed by atoms with Crippen molar-refractivity contribution in [3.8, 4) is 6.07 Å². The normalized spacial score (nSPS) is 14.7. The highest BCUT2D eigenvalue weighted by molar-refractivity contribution is 5.95. The average Bonchev–Trinajstić information content (AvgIpc) is 3.46. The number of anilines is 1. The fourth-order valence-electron chi connectivity index (χ4n) is 3.21. The van der Waals surface area contributed by atoms with Gasteiger partial charge >= 0.3 is 12.2 Å². The average molecular weight is 405 g/mol. The van der Waals surface area contributed by atoms with E-state index >= 15 is 0 Å². The van der Waals surface area contributed by atoms with Gasteiger partial charge in [0.15, 0.2) is 6.29 Å². The van der Waals surface area contributed by atoms with E-state index in [9.17, 15) is 22.8 Å². The number of amides is 2. The molecule has 0 bridgehead atoms. The molecular weight excluding hydrogens is 387 g/mol. The van der Waals surface area contributed by atoms with Gasteiger partial charge in [-0.05, 0) is 36.5 Å². The van der Waals surface area contributed by atoms with Crippen molar-refractivity contribution >= 4 is 18.1 Å². The number of hydrogen-bond donors (Lipinski definition) is 2. The van der Waals surface area contributed by atoms with E-state index < -0.39 is 23.8 Å². The Morgan fingerprint density at radius 3 is 2.52 bits per heavy atom. The lowest BCUT2D eigenvalue weighted by atomic mass is 10.0. The standard InChI is InChI=1S/C19H18F3N5O2/c1-24-18(29)25-17-14(10-28)15(8-9-23)26-27(17)16(11-2-3-11)12-4-6-13(7-5-12)19(20,21)22/h4-7,10-11,16H,2-3,8H2,1H3,(H2,24,25,29). The molecule has 1 fully saturated rings. The van der Waals surface area contributed by atoms with E-state index in [2.05, 4.69) is 15.7 Å². The van der Waals surface area contributed by atoms with Crippen molar-refractivity contribution in [2.45, 2.75) is 31.5 Å². The molecule has 1 atom stereocenters. The molecule has 1 aromatic carbocycles. The summed E-state index contributed by atoms with van der Waals surface area (Å²) in [5.41, 5.74) is 0.0850. The highest BCUT2D eigenvalue weighted by atomic mass is 19.4. The molecule has 0 saturated heterocycles. The molecule has 1 unspecified atom stereocenters. The largest absolute Gasteiger partial charge is 0.416 e. The van der Waals surface area contributed by atoms with E-state index in [4.69, 9.17) is 5.26 Å². The van der Waals surface area contributed by atoms with Crippen LogP contribution in [0, 0.1) is 17.2 Å². The van der Waals surface area contributed by atoms with E-state index in [0.717, 1.165) is 25.0 Å². The topological polar surface area (TPSA) is 99.8 Å². The molecule has 1 saturated carbocycles. The molecule has 1 aliphatic rings. The zero-order chi connectivity index (χ0) is 21.2. The van der Waals surface area contributed by atoms with Crippen molar-refractivity contribution in [1.82, 2.24) is 15.1 Å². The van der Waals surface area contributed by atoms with Gasteiger partial charge < -0.3 is 5.32 Å². The molecule has 152 valence electrons. The summed E-state index contributed by atoms with van der Waals surface area (Å²) in [6, 6.07) is 5.61. The van der Waals surface area contributed by atoms with Gasteiger partial charge in [0.2, 0.25) is 0 Å². The summed E-state index contributed by atoms with van der Waals surface area (Å²) < 4.78 is 40.2. The predicted octanol–water partition coefficient (Wildman–Crippen LogP) is 3.53. The second kappa shape index (κ2) is 7.95. The first-order chi connectivity index (χ1) is 13.8. The summed E-state index contributed by atoms with van der Waals surface area (Å²) in [6.45, 7) is 0. The molecule has 1 aromatic heterocycles. The van der Waals surface area contributed by atoms with Crippen LogP contribution < -0.4 is 10.6 Å². The zero-order valence-corrected chi connectivity index (χ0v) is 15.5. The van der Waals surface area contributed by atoms with Crippen LogP contribution in [0.25, 0.3) is 0 Å². The summed E-state index contributed by atoms with van der Waals surface area (Å²) in [5.74, 6) is 0.202. The van der Waals surface area contributed by atoms with E-state index in [1.165, 1.54) is 23.9 Å². The number of carbonyl (C=O) groups is 2. The number of hydrogen-bond acceptors (Lipinski definition) is 4. The van der Waals surface area contributed by atoms with E-state index in [-0.39, 0.29) is 29.4 Å². The number of urea groups is 1. The molecule has 1 aliphatic carbocycles. The van der Waals surface area contributed by atoms with Gasteiger partial charge in [-0.3, -0.25) is 10.1 Å². The van der Waals surface area contributed by atoms with Crippen LogP contribution in [0.3, 0.4) is 0 Å². The summed E-state index contributed by atoms with van der Waals surface area (Å²) >= 11 is 0. The Morgan fingerprint density at radius 1 is 1.38 bits per heavy atom. The highest BCUT2D eigenvalue weighted by Gasteiger charge is 2.38. The maximum Gasteiger partial charge on any atom is 0.416 e. The number of carbonyl (C=O) groups excluding carboxylic acids is 2. The van der Waals surface area contributed by atoms with Crippen molar-refractivity contribution in [2.24, 2.45) is 5.92 Å². The van der Waals surface area contributed by atoms with Gasteiger partial charge in [0, 0.05) is 7.05 Å². The number of halogens is 3. The molecule has 0 spiro atoms. The van der Waals surface area contributed by atoms with Gasteiger partial charge in [0.1, 0.15) is 5.82 Å². The number of aromatic nitrogens is 2. The lowest BCUT2D eigenvalue weighted by Crippen LogP contribution is -2.28. The number of rotatable bonds is 6. The first-order valence-corrected chi connectivity index (χ1v) is 8.89. The van der Waals surface area contributed by atoms with Gasteiger partial charge in [-0.2, -0.15) is 23.5 Å².